The summed E-state index contributed by atoms with van der Waals surface area (Å²) in [6, 6.07) is 11.2. The number of aryl methyl sites for hydroxylation is 3. The maximum atomic E-state index is 13.4. The summed E-state index contributed by atoms with van der Waals surface area (Å²) in [4.78, 5) is 54.4. The molecule has 1 saturated carbocycles. The zero-order chi connectivity index (χ0) is 27.9. The highest BCUT2D eigenvalue weighted by molar-refractivity contribution is 6.24. The zero-order valence-corrected chi connectivity index (χ0v) is 23.7. The lowest BCUT2D eigenvalue weighted by atomic mass is 9.75. The van der Waals surface area contributed by atoms with Crippen LogP contribution in [0.1, 0.15) is 95.8 Å². The highest BCUT2D eigenvalue weighted by Crippen LogP contribution is 2.35. The topological polar surface area (TPSA) is 74.8 Å². The van der Waals surface area contributed by atoms with Crippen molar-refractivity contribution in [3.05, 3.63) is 69.8 Å². The maximum Gasteiger partial charge on any atom is 0.262 e. The minimum atomic E-state index is -0.836. The number of rotatable bonds is 6. The molecule has 2 amide bonds. The number of hydrogen-bond donors (Lipinski definition) is 0. The molecule has 0 aromatic heterocycles. The summed E-state index contributed by atoms with van der Waals surface area (Å²) in [6.45, 7) is 12.5. The molecule has 1 unspecified atom stereocenters. The fourth-order valence-electron chi connectivity index (χ4n) is 6.56. The minimum Gasteiger partial charge on any atom is -0.299 e. The monoisotopic (exact) mass is 528 g/mol. The van der Waals surface area contributed by atoms with Crippen LogP contribution in [0.5, 0.6) is 0 Å². The lowest BCUT2D eigenvalue weighted by molar-refractivity contribution is -0.132. The molecule has 0 spiro atoms. The Balaban J connectivity index is 1.24. The third-order valence-corrected chi connectivity index (χ3v) is 9.08. The number of imide groups is 1. The van der Waals surface area contributed by atoms with E-state index < -0.39 is 17.9 Å². The second-order valence-corrected chi connectivity index (χ2v) is 12.7. The summed E-state index contributed by atoms with van der Waals surface area (Å²) >= 11 is 0. The molecule has 5 rings (SSSR count). The predicted octanol–water partition coefficient (Wildman–Crippen LogP) is 5.33. The largest absolute Gasteiger partial charge is 0.299 e. The molecule has 0 bridgehead atoms. The molecule has 1 saturated heterocycles. The fraction of sp³-hybridized carbons (Fsp3) is 0.515. The zero-order valence-electron chi connectivity index (χ0n) is 23.7. The molecule has 2 aromatic carbocycles. The molecule has 6 nitrogen and oxygen atoms in total. The minimum absolute atomic E-state index is 0.125. The third kappa shape index (κ3) is 5.62. The Bertz CT molecular complexity index is 1310. The number of benzene rings is 2. The average Bonchev–Trinajstić information content (AvgIpc) is 3.14. The van der Waals surface area contributed by atoms with E-state index in [0.29, 0.717) is 23.0 Å². The van der Waals surface area contributed by atoms with Crippen LogP contribution in [-0.2, 0) is 29.0 Å². The number of fused-ring (bicyclic) bond motifs is 1. The van der Waals surface area contributed by atoms with Crippen molar-refractivity contribution in [3.8, 4) is 0 Å². The second-order valence-electron chi connectivity index (χ2n) is 12.7. The number of carbonyl (C=O) groups is 4. The Labute approximate surface area is 231 Å². The summed E-state index contributed by atoms with van der Waals surface area (Å²) in [5.41, 5.74) is 5.84. The van der Waals surface area contributed by atoms with Crippen LogP contribution in [0.4, 0.5) is 0 Å². The fourth-order valence-corrected chi connectivity index (χ4v) is 6.56. The summed E-state index contributed by atoms with van der Waals surface area (Å²) < 4.78 is 0. The lowest BCUT2D eigenvalue weighted by Gasteiger charge is -2.39. The molecular weight excluding hydrogens is 488 g/mol. The van der Waals surface area contributed by atoms with Crippen LogP contribution in [0.25, 0.3) is 0 Å². The van der Waals surface area contributed by atoms with Crippen molar-refractivity contribution >= 4 is 23.4 Å². The summed E-state index contributed by atoms with van der Waals surface area (Å²) in [5.74, 6) is -0.494. The normalized spacial score (nSPS) is 21.1. The first-order valence-electron chi connectivity index (χ1n) is 14.4. The van der Waals surface area contributed by atoms with E-state index in [1.807, 2.05) is 12.1 Å². The molecule has 39 heavy (non-hydrogen) atoms. The van der Waals surface area contributed by atoms with Gasteiger partial charge >= 0.3 is 0 Å². The van der Waals surface area contributed by atoms with Crippen molar-refractivity contribution in [2.75, 3.05) is 13.1 Å². The van der Waals surface area contributed by atoms with Gasteiger partial charge in [-0.25, -0.2) is 0 Å². The molecule has 2 aliphatic heterocycles. The number of ketones is 2. The van der Waals surface area contributed by atoms with E-state index in [4.69, 9.17) is 0 Å². The van der Waals surface area contributed by atoms with Gasteiger partial charge in [0, 0.05) is 13.0 Å². The summed E-state index contributed by atoms with van der Waals surface area (Å²) in [5, 5.41) is 0. The summed E-state index contributed by atoms with van der Waals surface area (Å²) in [6.07, 6.45) is 4.15. The molecule has 2 fully saturated rings. The van der Waals surface area contributed by atoms with Crippen LogP contribution < -0.4 is 0 Å². The van der Waals surface area contributed by atoms with E-state index >= 15 is 0 Å². The van der Waals surface area contributed by atoms with Gasteiger partial charge in [-0.15, -0.1) is 0 Å². The number of piperidine rings is 1. The molecule has 1 aliphatic carbocycles. The van der Waals surface area contributed by atoms with Gasteiger partial charge in [-0.05, 0) is 91.8 Å². The average molecular weight is 529 g/mol. The number of hydrogen-bond acceptors (Lipinski definition) is 5. The molecule has 0 N–H and O–H groups in total. The first-order valence-corrected chi connectivity index (χ1v) is 14.4. The quantitative estimate of drug-likeness (QED) is 0.375. The molecule has 206 valence electrons. The lowest BCUT2D eigenvalue weighted by Crippen LogP contribution is -2.47. The van der Waals surface area contributed by atoms with Gasteiger partial charge in [-0.2, -0.15) is 0 Å². The van der Waals surface area contributed by atoms with Gasteiger partial charge in [-0.1, -0.05) is 51.1 Å². The predicted molar refractivity (Wildman–Crippen MR) is 151 cm³/mol. The third-order valence-electron chi connectivity index (χ3n) is 9.08. The van der Waals surface area contributed by atoms with Crippen LogP contribution in [0.3, 0.4) is 0 Å². The van der Waals surface area contributed by atoms with E-state index in [-0.39, 0.29) is 30.8 Å². The highest BCUT2D eigenvalue weighted by atomic mass is 16.2. The first kappa shape index (κ1) is 27.4. The van der Waals surface area contributed by atoms with E-state index in [0.717, 1.165) is 42.4 Å². The smallest absolute Gasteiger partial charge is 0.262 e. The van der Waals surface area contributed by atoms with Crippen molar-refractivity contribution in [3.63, 3.8) is 0 Å². The van der Waals surface area contributed by atoms with E-state index in [1.165, 1.54) is 29.5 Å². The van der Waals surface area contributed by atoms with Crippen LogP contribution in [0.15, 0.2) is 36.4 Å². The molecule has 0 radical (unpaired) electrons. The van der Waals surface area contributed by atoms with E-state index in [1.54, 1.807) is 6.07 Å². The second kappa shape index (κ2) is 10.8. The van der Waals surface area contributed by atoms with Gasteiger partial charge < -0.3 is 0 Å². The molecule has 3 aliphatic rings. The van der Waals surface area contributed by atoms with Crippen LogP contribution >= 0.6 is 0 Å². The van der Waals surface area contributed by atoms with Crippen molar-refractivity contribution in [1.29, 1.82) is 0 Å². The number of nitrogens with zero attached hydrogens (tertiary/aromatic N) is 2. The number of amides is 2. The van der Waals surface area contributed by atoms with Crippen molar-refractivity contribution in [2.24, 2.45) is 11.3 Å². The number of carbonyl (C=O) groups excluding carboxylic acids is 4. The highest BCUT2D eigenvalue weighted by Gasteiger charge is 2.45. The number of likely N-dealkylation sites (tertiary alicyclic amines) is 1. The Kier molecular flexibility index (Phi) is 7.60. The van der Waals surface area contributed by atoms with Crippen molar-refractivity contribution in [2.45, 2.75) is 85.2 Å². The summed E-state index contributed by atoms with van der Waals surface area (Å²) in [7, 11) is 0. The molecule has 2 aromatic rings. The van der Waals surface area contributed by atoms with Crippen LogP contribution in [0, 0.1) is 18.3 Å². The van der Waals surface area contributed by atoms with Crippen LogP contribution in [0.2, 0.25) is 0 Å². The van der Waals surface area contributed by atoms with Crippen molar-refractivity contribution in [1.82, 2.24) is 9.80 Å². The van der Waals surface area contributed by atoms with Gasteiger partial charge in [0.05, 0.1) is 23.6 Å². The van der Waals surface area contributed by atoms with Gasteiger partial charge in [0.15, 0.2) is 5.78 Å². The molecule has 2 heterocycles. The molecular formula is C33H40N2O4. The Morgan fingerprint density at radius 1 is 0.872 bits per heavy atom. The molecule has 6 heteroatoms. The number of Topliss-reactive ketones (excluding diaryl/α,β-unsaturated/α-hetero) is 2. The van der Waals surface area contributed by atoms with Gasteiger partial charge in [0.2, 0.25) is 0 Å². The Morgan fingerprint density at radius 3 is 2.28 bits per heavy atom. The van der Waals surface area contributed by atoms with Crippen molar-refractivity contribution < 1.29 is 19.2 Å². The molecule has 1 atom stereocenters. The van der Waals surface area contributed by atoms with E-state index in [9.17, 15) is 19.2 Å². The van der Waals surface area contributed by atoms with Gasteiger partial charge in [0.1, 0.15) is 5.78 Å². The van der Waals surface area contributed by atoms with Gasteiger partial charge in [-0.3, -0.25) is 29.0 Å². The maximum absolute atomic E-state index is 13.4. The Morgan fingerprint density at radius 2 is 1.62 bits per heavy atom. The Hall–Kier alpha value is -3.12. The standard InChI is InChI=1S/C33H40N2O4/c1-21-18-22(9-11-24(21)20-34-16-14-25(15-17-34)33(2,3)4)8-10-23-6-5-7-27-30(23)32(39)35(31(27)38)28-13-12-26(36)19-29(28)37/h5-7,9,11,18,25,28H,8,10,12-17,19-20H2,1-4H3. The van der Waals surface area contributed by atoms with Gasteiger partial charge in [0.25, 0.3) is 11.8 Å². The first-order chi connectivity index (χ1) is 18.5. The van der Waals surface area contributed by atoms with Crippen LogP contribution in [-0.4, -0.2) is 52.3 Å². The van der Waals surface area contributed by atoms with E-state index in [2.05, 4.69) is 50.8 Å². The SMILES string of the molecule is Cc1cc(CCc2cccc3c2C(=O)N(C2CCC(=O)CC2=O)C3=O)ccc1CN1CCC(C(C)(C)C)CC1.